The molecule has 0 saturated heterocycles. The number of carbonyl (C=O) groups excluding carboxylic acids is 1. The number of hydrogen-bond acceptors (Lipinski definition) is 3. The summed E-state index contributed by atoms with van der Waals surface area (Å²) < 4.78 is 0. The summed E-state index contributed by atoms with van der Waals surface area (Å²) in [5, 5.41) is 7.99. The molecule has 2 nitrogen and oxygen atoms in total. The van der Waals surface area contributed by atoms with Gasteiger partial charge in [-0.05, 0) is 17.3 Å². The Morgan fingerprint density at radius 1 is 1.33 bits per heavy atom. The van der Waals surface area contributed by atoms with E-state index in [-0.39, 0.29) is 5.12 Å². The monoisotopic (exact) mass is 177 g/mol. The predicted molar refractivity (Wildman–Crippen MR) is 49.6 cm³/mol. The summed E-state index contributed by atoms with van der Waals surface area (Å²) >= 11 is 1.03. The fourth-order valence-corrected chi connectivity index (χ4v) is 2.02. The van der Waals surface area contributed by atoms with Crippen LogP contribution in [0.2, 0.25) is 0 Å². The lowest BCUT2D eigenvalue weighted by molar-refractivity contribution is -0.110. The molecule has 1 aliphatic heterocycles. The fraction of sp³-hybridized carbons (Fsp3) is 0.111. The third-order valence-corrected chi connectivity index (χ3v) is 2.61. The maximum atomic E-state index is 11.1. The van der Waals surface area contributed by atoms with Crippen molar-refractivity contribution in [1.82, 2.24) is 0 Å². The van der Waals surface area contributed by atoms with E-state index in [0.29, 0.717) is 11.5 Å². The van der Waals surface area contributed by atoms with Crippen molar-refractivity contribution in [3.8, 4) is 0 Å². The number of fused-ring (bicyclic) bond motifs is 1. The van der Waals surface area contributed by atoms with Crippen LogP contribution in [0.25, 0.3) is 0 Å². The SMILES string of the molecule is N=C1SC(=O)Cc2ccccc21. The molecule has 1 heterocycles. The van der Waals surface area contributed by atoms with Crippen molar-refractivity contribution in [2.75, 3.05) is 0 Å². The Morgan fingerprint density at radius 3 is 2.92 bits per heavy atom. The van der Waals surface area contributed by atoms with Crippen LogP contribution >= 0.6 is 11.8 Å². The summed E-state index contributed by atoms with van der Waals surface area (Å²) in [6.45, 7) is 0. The molecule has 0 unspecified atom stereocenters. The molecule has 0 spiro atoms. The van der Waals surface area contributed by atoms with Crippen LogP contribution in [0.1, 0.15) is 11.1 Å². The zero-order valence-electron chi connectivity index (χ0n) is 6.33. The summed E-state index contributed by atoms with van der Waals surface area (Å²) in [5.41, 5.74) is 1.88. The molecule has 0 amide bonds. The van der Waals surface area contributed by atoms with Crippen molar-refractivity contribution >= 4 is 21.9 Å². The molecule has 0 aromatic heterocycles. The van der Waals surface area contributed by atoms with Gasteiger partial charge in [0, 0.05) is 12.0 Å². The van der Waals surface area contributed by atoms with Crippen LogP contribution in [0.3, 0.4) is 0 Å². The molecule has 1 N–H and O–H groups in total. The molecule has 1 aromatic carbocycles. The lowest BCUT2D eigenvalue weighted by Crippen LogP contribution is -2.13. The van der Waals surface area contributed by atoms with Crippen molar-refractivity contribution < 1.29 is 4.79 Å². The van der Waals surface area contributed by atoms with E-state index in [1.165, 1.54) is 0 Å². The van der Waals surface area contributed by atoms with Crippen LogP contribution in [0.5, 0.6) is 0 Å². The third-order valence-electron chi connectivity index (χ3n) is 1.81. The van der Waals surface area contributed by atoms with Crippen molar-refractivity contribution in [3.63, 3.8) is 0 Å². The Balaban J connectivity index is 2.54. The van der Waals surface area contributed by atoms with Gasteiger partial charge in [-0.15, -0.1) is 0 Å². The molecular formula is C9H7NOS. The van der Waals surface area contributed by atoms with E-state index in [0.717, 1.165) is 22.9 Å². The first-order valence-electron chi connectivity index (χ1n) is 3.65. The Morgan fingerprint density at radius 2 is 2.08 bits per heavy atom. The van der Waals surface area contributed by atoms with Crippen LogP contribution in [0, 0.1) is 5.41 Å². The van der Waals surface area contributed by atoms with Gasteiger partial charge >= 0.3 is 0 Å². The van der Waals surface area contributed by atoms with E-state index in [2.05, 4.69) is 0 Å². The molecule has 0 saturated carbocycles. The first-order valence-corrected chi connectivity index (χ1v) is 4.46. The van der Waals surface area contributed by atoms with Crippen molar-refractivity contribution in [2.45, 2.75) is 6.42 Å². The zero-order chi connectivity index (χ0) is 8.55. The molecule has 3 heteroatoms. The highest BCUT2D eigenvalue weighted by Gasteiger charge is 2.19. The van der Waals surface area contributed by atoms with E-state index >= 15 is 0 Å². The molecule has 0 radical (unpaired) electrons. The van der Waals surface area contributed by atoms with Crippen LogP contribution in [-0.2, 0) is 11.2 Å². The second-order valence-corrected chi connectivity index (χ2v) is 3.70. The smallest absolute Gasteiger partial charge is 0.199 e. The maximum Gasteiger partial charge on any atom is 0.199 e. The highest BCUT2D eigenvalue weighted by molar-refractivity contribution is 8.26. The van der Waals surface area contributed by atoms with E-state index in [9.17, 15) is 4.79 Å². The first kappa shape index (κ1) is 7.55. The minimum atomic E-state index is 0.0682. The second-order valence-electron chi connectivity index (χ2n) is 2.64. The molecule has 1 aliphatic rings. The van der Waals surface area contributed by atoms with E-state index in [1.54, 1.807) is 0 Å². The Labute approximate surface area is 74.5 Å². The topological polar surface area (TPSA) is 40.9 Å². The van der Waals surface area contributed by atoms with E-state index < -0.39 is 0 Å². The van der Waals surface area contributed by atoms with Gasteiger partial charge in [0.2, 0.25) is 0 Å². The number of hydrogen-bond donors (Lipinski definition) is 1. The maximum absolute atomic E-state index is 11.1. The summed E-state index contributed by atoms with van der Waals surface area (Å²) in [7, 11) is 0. The van der Waals surface area contributed by atoms with Gasteiger partial charge in [0.15, 0.2) is 5.12 Å². The van der Waals surface area contributed by atoms with Gasteiger partial charge in [-0.25, -0.2) is 0 Å². The number of carbonyl (C=O) groups is 1. The summed E-state index contributed by atoms with van der Waals surface area (Å²) in [4.78, 5) is 11.1. The molecule has 0 atom stereocenters. The minimum Gasteiger partial charge on any atom is -0.293 e. The molecular weight excluding hydrogens is 170 g/mol. The number of benzene rings is 1. The van der Waals surface area contributed by atoms with Gasteiger partial charge in [0.1, 0.15) is 5.04 Å². The average molecular weight is 177 g/mol. The minimum absolute atomic E-state index is 0.0682. The Bertz CT molecular complexity index is 359. The highest BCUT2D eigenvalue weighted by Crippen LogP contribution is 2.24. The molecule has 1 aromatic rings. The second kappa shape index (κ2) is 2.75. The van der Waals surface area contributed by atoms with Gasteiger partial charge in [-0.3, -0.25) is 10.2 Å². The lowest BCUT2D eigenvalue weighted by atomic mass is 10.1. The summed E-state index contributed by atoms with van der Waals surface area (Å²) in [6, 6.07) is 7.58. The molecule has 0 bridgehead atoms. The first-order chi connectivity index (χ1) is 5.77. The summed E-state index contributed by atoms with van der Waals surface area (Å²) in [6.07, 6.45) is 0.462. The van der Waals surface area contributed by atoms with Gasteiger partial charge in [-0.1, -0.05) is 24.3 Å². The number of rotatable bonds is 0. The van der Waals surface area contributed by atoms with Gasteiger partial charge in [0.05, 0.1) is 0 Å². The van der Waals surface area contributed by atoms with Crippen LogP contribution < -0.4 is 0 Å². The van der Waals surface area contributed by atoms with Crippen LogP contribution in [-0.4, -0.2) is 10.2 Å². The van der Waals surface area contributed by atoms with E-state index in [1.807, 2.05) is 24.3 Å². The number of thioether (sulfide) groups is 1. The molecule has 0 aliphatic carbocycles. The normalized spacial score (nSPS) is 16.0. The molecule has 60 valence electrons. The predicted octanol–water partition coefficient (Wildman–Crippen LogP) is 1.83. The van der Waals surface area contributed by atoms with Crippen LogP contribution in [0.4, 0.5) is 0 Å². The van der Waals surface area contributed by atoms with Gasteiger partial charge < -0.3 is 0 Å². The standard InChI is InChI=1S/C9H7NOS/c10-9-7-4-2-1-3-6(7)5-8(11)12-9/h1-4,10H,5H2. The molecule has 0 fully saturated rings. The fourth-order valence-electron chi connectivity index (χ4n) is 1.26. The highest BCUT2D eigenvalue weighted by atomic mass is 32.2. The number of nitrogens with one attached hydrogen (secondary N) is 1. The van der Waals surface area contributed by atoms with Crippen LogP contribution in [0.15, 0.2) is 24.3 Å². The average Bonchev–Trinajstić information content (AvgIpc) is 2.04. The third kappa shape index (κ3) is 1.16. The largest absolute Gasteiger partial charge is 0.293 e. The van der Waals surface area contributed by atoms with Gasteiger partial charge in [0.25, 0.3) is 0 Å². The quantitative estimate of drug-likeness (QED) is 0.656. The summed E-state index contributed by atoms with van der Waals surface area (Å²) in [5.74, 6) is 0. The van der Waals surface area contributed by atoms with Crippen molar-refractivity contribution in [2.24, 2.45) is 0 Å². The van der Waals surface area contributed by atoms with Gasteiger partial charge in [-0.2, -0.15) is 0 Å². The zero-order valence-corrected chi connectivity index (χ0v) is 7.15. The Hall–Kier alpha value is -1.09. The lowest BCUT2D eigenvalue weighted by Gasteiger charge is -2.13. The Kier molecular flexibility index (Phi) is 1.73. The molecule has 12 heavy (non-hydrogen) atoms. The van der Waals surface area contributed by atoms with Crippen molar-refractivity contribution in [3.05, 3.63) is 35.4 Å². The van der Waals surface area contributed by atoms with E-state index in [4.69, 9.17) is 5.41 Å². The van der Waals surface area contributed by atoms with Crippen molar-refractivity contribution in [1.29, 1.82) is 5.41 Å². The molecule has 2 rings (SSSR count).